The number of rotatable bonds is 4. The summed E-state index contributed by atoms with van der Waals surface area (Å²) in [7, 11) is -4.06. The van der Waals surface area contributed by atoms with Crippen molar-refractivity contribution in [3.05, 3.63) is 41.3 Å². The summed E-state index contributed by atoms with van der Waals surface area (Å²) in [6.07, 6.45) is 0. The molecule has 0 aliphatic carbocycles. The molecule has 114 valence electrons. The summed E-state index contributed by atoms with van der Waals surface area (Å²) in [6, 6.07) is 3.90. The fourth-order valence-electron chi connectivity index (χ4n) is 1.81. The molecule has 0 radical (unpaired) electrons. The second kappa shape index (κ2) is 5.19. The second-order valence-electron chi connectivity index (χ2n) is 5.30. The van der Waals surface area contributed by atoms with E-state index in [0.717, 1.165) is 6.07 Å². The van der Waals surface area contributed by atoms with Crippen molar-refractivity contribution in [1.82, 2.24) is 14.9 Å². The van der Waals surface area contributed by atoms with Crippen LogP contribution in [-0.2, 0) is 15.6 Å². The van der Waals surface area contributed by atoms with Crippen molar-refractivity contribution in [2.75, 3.05) is 0 Å². The summed E-state index contributed by atoms with van der Waals surface area (Å²) in [5.41, 5.74) is -0.489. The van der Waals surface area contributed by atoms with Gasteiger partial charge in [-0.05, 0) is 38.5 Å². The molecule has 0 unspecified atom stereocenters. The smallest absolute Gasteiger partial charge is 0.244 e. The number of benzene rings is 1. The average molecular weight is 313 g/mol. The van der Waals surface area contributed by atoms with E-state index in [1.165, 1.54) is 12.1 Å². The summed E-state index contributed by atoms with van der Waals surface area (Å²) < 4.78 is 45.7. The summed E-state index contributed by atoms with van der Waals surface area (Å²) in [5.74, 6) is -0.316. The SMILES string of the molecule is Cc1ccc(F)c(S(=O)(=O)NC(C)(C)c2noc(C)n2)c1. The van der Waals surface area contributed by atoms with Crippen LogP contribution in [0.25, 0.3) is 0 Å². The molecule has 0 saturated carbocycles. The van der Waals surface area contributed by atoms with Crippen LogP contribution in [0, 0.1) is 19.7 Å². The van der Waals surface area contributed by atoms with Crippen molar-refractivity contribution in [3.63, 3.8) is 0 Å². The lowest BCUT2D eigenvalue weighted by molar-refractivity contribution is 0.362. The Labute approximate surface area is 122 Å². The zero-order valence-electron chi connectivity index (χ0n) is 12.1. The van der Waals surface area contributed by atoms with Gasteiger partial charge in [0.2, 0.25) is 15.9 Å². The summed E-state index contributed by atoms with van der Waals surface area (Å²) >= 11 is 0. The minimum absolute atomic E-state index is 0.177. The highest BCUT2D eigenvalue weighted by Crippen LogP contribution is 2.22. The number of halogens is 1. The van der Waals surface area contributed by atoms with Gasteiger partial charge in [0.25, 0.3) is 0 Å². The average Bonchev–Trinajstić information content (AvgIpc) is 2.78. The normalized spacial score (nSPS) is 12.6. The Morgan fingerprint density at radius 3 is 2.52 bits per heavy atom. The van der Waals surface area contributed by atoms with Crippen LogP contribution in [0.4, 0.5) is 4.39 Å². The molecule has 6 nitrogen and oxygen atoms in total. The van der Waals surface area contributed by atoms with Crippen molar-refractivity contribution < 1.29 is 17.3 Å². The Hall–Kier alpha value is -1.80. The van der Waals surface area contributed by atoms with E-state index in [0.29, 0.717) is 11.5 Å². The molecule has 0 fully saturated rings. The highest BCUT2D eigenvalue weighted by Gasteiger charge is 2.33. The van der Waals surface area contributed by atoms with Crippen LogP contribution < -0.4 is 4.72 Å². The monoisotopic (exact) mass is 313 g/mol. The van der Waals surface area contributed by atoms with Gasteiger partial charge in [-0.1, -0.05) is 11.2 Å². The zero-order valence-corrected chi connectivity index (χ0v) is 13.0. The molecule has 1 heterocycles. The van der Waals surface area contributed by atoms with Crippen molar-refractivity contribution in [1.29, 1.82) is 0 Å². The van der Waals surface area contributed by atoms with E-state index in [-0.39, 0.29) is 5.82 Å². The summed E-state index contributed by atoms with van der Waals surface area (Å²) in [5, 5.41) is 3.70. The third kappa shape index (κ3) is 3.27. The predicted molar refractivity (Wildman–Crippen MR) is 73.5 cm³/mol. The molecule has 0 amide bonds. The van der Waals surface area contributed by atoms with Crippen LogP contribution in [0.3, 0.4) is 0 Å². The van der Waals surface area contributed by atoms with E-state index < -0.39 is 26.3 Å². The van der Waals surface area contributed by atoms with Crippen molar-refractivity contribution >= 4 is 10.0 Å². The first-order valence-corrected chi connectivity index (χ1v) is 7.71. The van der Waals surface area contributed by atoms with E-state index >= 15 is 0 Å². The van der Waals surface area contributed by atoms with Crippen LogP contribution in [0.2, 0.25) is 0 Å². The van der Waals surface area contributed by atoms with Crippen molar-refractivity contribution in [2.24, 2.45) is 0 Å². The van der Waals surface area contributed by atoms with Gasteiger partial charge in [-0.3, -0.25) is 0 Å². The molecule has 0 aliphatic rings. The number of nitrogens with one attached hydrogen (secondary N) is 1. The third-order valence-corrected chi connectivity index (χ3v) is 4.52. The highest BCUT2D eigenvalue weighted by molar-refractivity contribution is 7.89. The highest BCUT2D eigenvalue weighted by atomic mass is 32.2. The first kappa shape index (κ1) is 15.6. The molecule has 2 rings (SSSR count). The minimum atomic E-state index is -4.06. The second-order valence-corrected chi connectivity index (χ2v) is 6.95. The standard InChI is InChI=1S/C13H16FN3O3S/c1-8-5-6-10(14)11(7-8)21(18,19)17-13(3,4)12-15-9(2)20-16-12/h5-7,17H,1-4H3. The molecule has 2 aromatic rings. The fourth-order valence-corrected chi connectivity index (χ4v) is 3.35. The molecule has 0 saturated heterocycles. The van der Waals surface area contributed by atoms with E-state index in [1.54, 1.807) is 27.7 Å². The number of sulfonamides is 1. The van der Waals surface area contributed by atoms with Gasteiger partial charge in [0.15, 0.2) is 5.82 Å². The van der Waals surface area contributed by atoms with Gasteiger partial charge in [-0.25, -0.2) is 12.8 Å². The van der Waals surface area contributed by atoms with E-state index in [4.69, 9.17) is 4.52 Å². The summed E-state index contributed by atoms with van der Waals surface area (Å²) in [6.45, 7) is 6.43. The van der Waals surface area contributed by atoms with Crippen LogP contribution in [0.1, 0.15) is 31.1 Å². The topological polar surface area (TPSA) is 85.1 Å². The molecule has 21 heavy (non-hydrogen) atoms. The maximum Gasteiger partial charge on any atom is 0.244 e. The van der Waals surface area contributed by atoms with Crippen LogP contribution in [-0.4, -0.2) is 18.6 Å². The van der Waals surface area contributed by atoms with Crippen LogP contribution in [0.15, 0.2) is 27.6 Å². The number of aryl methyl sites for hydroxylation is 2. The molecular formula is C13H16FN3O3S. The number of nitrogens with zero attached hydrogens (tertiary/aromatic N) is 2. The Kier molecular flexibility index (Phi) is 3.85. The molecular weight excluding hydrogens is 297 g/mol. The first-order chi connectivity index (χ1) is 9.62. The van der Waals surface area contributed by atoms with Gasteiger partial charge < -0.3 is 4.52 Å². The van der Waals surface area contributed by atoms with Gasteiger partial charge in [-0.2, -0.15) is 9.71 Å². The van der Waals surface area contributed by atoms with Crippen molar-refractivity contribution in [3.8, 4) is 0 Å². The molecule has 1 aromatic heterocycles. The third-order valence-electron chi connectivity index (χ3n) is 2.85. The van der Waals surface area contributed by atoms with E-state index in [2.05, 4.69) is 14.9 Å². The molecule has 0 atom stereocenters. The fraction of sp³-hybridized carbons (Fsp3) is 0.385. The van der Waals surface area contributed by atoms with E-state index in [1.807, 2.05) is 0 Å². The Balaban J connectivity index is 2.39. The Morgan fingerprint density at radius 1 is 1.29 bits per heavy atom. The van der Waals surface area contributed by atoms with Crippen LogP contribution >= 0.6 is 0 Å². The summed E-state index contributed by atoms with van der Waals surface area (Å²) in [4.78, 5) is 3.60. The number of hydrogen-bond donors (Lipinski definition) is 1. The number of hydrogen-bond acceptors (Lipinski definition) is 5. The minimum Gasteiger partial charge on any atom is -0.340 e. The molecule has 0 aliphatic heterocycles. The largest absolute Gasteiger partial charge is 0.340 e. The molecule has 0 spiro atoms. The number of aromatic nitrogens is 2. The van der Waals surface area contributed by atoms with E-state index in [9.17, 15) is 12.8 Å². The molecule has 1 aromatic carbocycles. The maximum absolute atomic E-state index is 13.8. The van der Waals surface area contributed by atoms with Gasteiger partial charge >= 0.3 is 0 Å². The Morgan fingerprint density at radius 2 is 1.95 bits per heavy atom. The molecule has 0 bridgehead atoms. The maximum atomic E-state index is 13.8. The lowest BCUT2D eigenvalue weighted by atomic mass is 10.1. The predicted octanol–water partition coefficient (Wildman–Crippen LogP) is 2.04. The Bertz CT molecular complexity index is 769. The van der Waals surface area contributed by atoms with Crippen LogP contribution in [0.5, 0.6) is 0 Å². The quantitative estimate of drug-likeness (QED) is 0.933. The molecule has 8 heteroatoms. The van der Waals surface area contributed by atoms with Gasteiger partial charge in [0.05, 0.1) is 5.54 Å². The zero-order chi connectivity index (χ0) is 15.8. The van der Waals surface area contributed by atoms with Gasteiger partial charge in [-0.15, -0.1) is 0 Å². The lowest BCUT2D eigenvalue weighted by Gasteiger charge is -2.22. The van der Waals surface area contributed by atoms with Crippen molar-refractivity contribution in [2.45, 2.75) is 38.1 Å². The first-order valence-electron chi connectivity index (χ1n) is 6.23. The lowest BCUT2D eigenvalue weighted by Crippen LogP contribution is -2.42. The van der Waals surface area contributed by atoms with Gasteiger partial charge in [0, 0.05) is 6.92 Å². The van der Waals surface area contributed by atoms with Gasteiger partial charge in [0.1, 0.15) is 10.7 Å². The molecule has 1 N–H and O–H groups in total.